The van der Waals surface area contributed by atoms with Gasteiger partial charge in [0.25, 0.3) is 6.43 Å². The molecular weight excluding hydrogens is 710 g/mol. The number of nitrogens with two attached hydrogens (primary N) is 2. The maximum atomic E-state index is 14.0. The van der Waals surface area contributed by atoms with E-state index in [1.807, 2.05) is 24.9 Å². The molecule has 7 heterocycles. The number of pyridine rings is 1. The number of morpholine rings is 1. The summed E-state index contributed by atoms with van der Waals surface area (Å²) in [6.07, 6.45) is 2.01. The Kier molecular flexibility index (Phi) is 10.8. The lowest BCUT2D eigenvalue weighted by Crippen LogP contribution is -2.47. The number of halogens is 3. The molecule has 7 rings (SSSR count). The molecule has 0 saturated carbocycles. The summed E-state index contributed by atoms with van der Waals surface area (Å²) >= 11 is 6.70. The van der Waals surface area contributed by atoms with Gasteiger partial charge in [-0.15, -0.1) is 0 Å². The monoisotopic (exact) mass is 752 g/mol. The number of nitrogen functional groups attached to an aromatic ring is 2. The number of alkyl halides is 2. The molecule has 3 aliphatic rings. The molecule has 16 nitrogen and oxygen atoms in total. The second-order valence-corrected chi connectivity index (χ2v) is 13.7. The summed E-state index contributed by atoms with van der Waals surface area (Å²) in [6.45, 7) is 11.2. The van der Waals surface area contributed by atoms with Crippen LogP contribution >= 0.6 is 11.6 Å². The van der Waals surface area contributed by atoms with E-state index in [-0.39, 0.29) is 29.2 Å². The van der Waals surface area contributed by atoms with Crippen molar-refractivity contribution in [1.29, 1.82) is 0 Å². The Morgan fingerprint density at radius 2 is 1.62 bits per heavy atom. The molecular formula is C34H43ClF2N14O2. The minimum Gasteiger partial charge on any atom is -0.496 e. The van der Waals surface area contributed by atoms with Crippen molar-refractivity contribution in [2.24, 2.45) is 0 Å². The normalized spacial score (nSPS) is 17.9. The Morgan fingerprint density at radius 3 is 2.32 bits per heavy atom. The zero-order valence-electron chi connectivity index (χ0n) is 30.0. The molecule has 0 unspecified atom stereocenters. The molecule has 282 valence electrons. The zero-order valence-corrected chi connectivity index (χ0v) is 30.7. The molecule has 0 radical (unpaired) electrons. The second kappa shape index (κ2) is 15.7. The van der Waals surface area contributed by atoms with Gasteiger partial charge in [0.15, 0.2) is 5.82 Å². The van der Waals surface area contributed by atoms with Crippen molar-refractivity contribution in [3.63, 3.8) is 0 Å². The van der Waals surface area contributed by atoms with E-state index in [0.717, 1.165) is 73.0 Å². The smallest absolute Gasteiger partial charge is 0.281 e. The highest BCUT2D eigenvalue weighted by Gasteiger charge is 2.34. The lowest BCUT2D eigenvalue weighted by atomic mass is 9.98. The first-order valence-electron chi connectivity index (χ1n) is 17.6. The molecule has 2 fully saturated rings. The number of fused-ring (bicyclic) bond motifs is 1. The van der Waals surface area contributed by atoms with Gasteiger partial charge in [-0.3, -0.25) is 9.88 Å². The number of nitrogens with zero attached hydrogens (tertiary/aromatic N) is 12. The summed E-state index contributed by atoms with van der Waals surface area (Å²) in [4.78, 5) is 44.0. The van der Waals surface area contributed by atoms with Crippen LogP contribution in [-0.4, -0.2) is 117 Å². The Morgan fingerprint density at radius 1 is 0.906 bits per heavy atom. The molecule has 0 bridgehead atoms. The first-order chi connectivity index (χ1) is 25.6. The standard InChI is InChI=1S/C34H43ClF2N14O2/c1-19-15-40-23(20(2)26(19)52-3)18-51-17-21(24-27(35)43-32(39)46-30(24)51)5-4-6-48-7-9-49(10-8-48)33-44-29(22-16-41-31(38)42-25(22)28(36)37)45-34(47-33)50-11-13-53-14-12-50/h15-16,21,28H,4-14,17-18H2,1-3H3,(H2,38,41,42)(H2,39,43,46)/t21-/m0/s1. The number of ether oxygens (including phenoxy) is 2. The third-order valence-corrected chi connectivity index (χ3v) is 10.3. The quantitative estimate of drug-likeness (QED) is 0.212. The van der Waals surface area contributed by atoms with Gasteiger partial charge in [-0.25, -0.2) is 23.7 Å². The van der Waals surface area contributed by atoms with Crippen LogP contribution in [0.1, 0.15) is 53.3 Å². The van der Waals surface area contributed by atoms with Gasteiger partial charge < -0.3 is 35.6 Å². The summed E-state index contributed by atoms with van der Waals surface area (Å²) in [5.74, 6) is 2.51. The molecule has 19 heteroatoms. The van der Waals surface area contributed by atoms with Crippen LogP contribution in [0.3, 0.4) is 0 Å². The number of aryl methyl sites for hydroxylation is 1. The maximum absolute atomic E-state index is 14.0. The van der Waals surface area contributed by atoms with Gasteiger partial charge in [0.2, 0.25) is 23.8 Å². The van der Waals surface area contributed by atoms with Gasteiger partial charge in [-0.1, -0.05) is 11.6 Å². The number of hydrogen-bond donors (Lipinski definition) is 2. The predicted octanol–water partition coefficient (Wildman–Crippen LogP) is 3.44. The fraction of sp³-hybridized carbons (Fsp3) is 0.529. The van der Waals surface area contributed by atoms with Crippen molar-refractivity contribution in [1.82, 2.24) is 44.8 Å². The van der Waals surface area contributed by atoms with Gasteiger partial charge in [-0.05, 0) is 33.2 Å². The largest absolute Gasteiger partial charge is 0.496 e. The number of methoxy groups -OCH3 is 1. The Labute approximate surface area is 310 Å². The first-order valence-corrected chi connectivity index (χ1v) is 18.0. The highest BCUT2D eigenvalue weighted by atomic mass is 35.5. The van der Waals surface area contributed by atoms with Crippen LogP contribution in [0.25, 0.3) is 11.4 Å². The van der Waals surface area contributed by atoms with Crippen molar-refractivity contribution in [2.45, 2.75) is 45.6 Å². The molecule has 1 atom stereocenters. The van der Waals surface area contributed by atoms with Crippen LogP contribution in [0.5, 0.6) is 5.75 Å². The molecule has 4 aromatic heterocycles. The predicted molar refractivity (Wildman–Crippen MR) is 197 cm³/mol. The van der Waals surface area contributed by atoms with E-state index in [2.05, 4.69) is 44.6 Å². The van der Waals surface area contributed by atoms with Gasteiger partial charge in [0, 0.05) is 80.8 Å². The molecule has 2 saturated heterocycles. The molecule has 0 amide bonds. The number of aromatic nitrogens is 8. The van der Waals surface area contributed by atoms with Crippen LogP contribution in [0.4, 0.5) is 38.4 Å². The van der Waals surface area contributed by atoms with Crippen molar-refractivity contribution >= 4 is 41.2 Å². The highest BCUT2D eigenvalue weighted by molar-refractivity contribution is 6.30. The van der Waals surface area contributed by atoms with E-state index in [1.54, 1.807) is 7.11 Å². The molecule has 3 aliphatic heterocycles. The number of rotatable bonds is 11. The molecule has 4 N–H and O–H groups in total. The molecule has 0 aromatic carbocycles. The number of piperazine rings is 1. The van der Waals surface area contributed by atoms with Crippen LogP contribution in [0.2, 0.25) is 5.15 Å². The summed E-state index contributed by atoms with van der Waals surface area (Å²) in [7, 11) is 1.67. The first kappa shape index (κ1) is 36.5. The van der Waals surface area contributed by atoms with Crippen LogP contribution < -0.4 is 30.9 Å². The van der Waals surface area contributed by atoms with E-state index in [9.17, 15) is 8.78 Å². The van der Waals surface area contributed by atoms with Crippen molar-refractivity contribution < 1.29 is 18.3 Å². The Hall–Kier alpha value is -4.81. The lowest BCUT2D eigenvalue weighted by molar-refractivity contribution is 0.122. The van der Waals surface area contributed by atoms with E-state index in [1.165, 1.54) is 6.20 Å². The SMILES string of the molecule is COc1c(C)cnc(CN2C[C@H](CCCN3CCN(c4nc(-c5cnc(N)nc5C(F)F)nc(N5CCOCC5)n4)CC3)c3c(Cl)nc(N)nc32)c1C. The van der Waals surface area contributed by atoms with Crippen molar-refractivity contribution in [3.05, 3.63) is 45.6 Å². The zero-order chi connectivity index (χ0) is 37.2. The topological polar surface area (TPSA) is 187 Å². The third-order valence-electron chi connectivity index (χ3n) is 10.0. The van der Waals surface area contributed by atoms with Gasteiger partial charge in [0.1, 0.15) is 22.4 Å². The Balaban J connectivity index is 1.02. The molecule has 0 aliphatic carbocycles. The molecule has 4 aromatic rings. The van der Waals surface area contributed by atoms with E-state index < -0.39 is 12.1 Å². The fourth-order valence-electron chi connectivity index (χ4n) is 7.27. The summed E-state index contributed by atoms with van der Waals surface area (Å²) in [6, 6.07) is 0. The van der Waals surface area contributed by atoms with Gasteiger partial charge in [-0.2, -0.15) is 19.9 Å². The van der Waals surface area contributed by atoms with Crippen LogP contribution in [-0.2, 0) is 11.3 Å². The average Bonchev–Trinajstić information content (AvgIpc) is 3.50. The second-order valence-electron chi connectivity index (χ2n) is 13.4. The number of hydrogen-bond acceptors (Lipinski definition) is 16. The third kappa shape index (κ3) is 7.79. The fourth-order valence-corrected chi connectivity index (χ4v) is 7.60. The molecule has 0 spiro atoms. The van der Waals surface area contributed by atoms with Gasteiger partial charge in [0.05, 0.1) is 38.1 Å². The highest BCUT2D eigenvalue weighted by Crippen LogP contribution is 2.42. The summed E-state index contributed by atoms with van der Waals surface area (Å²) in [5.41, 5.74) is 15.0. The Bertz CT molecular complexity index is 1940. The van der Waals surface area contributed by atoms with E-state index >= 15 is 0 Å². The summed E-state index contributed by atoms with van der Waals surface area (Å²) < 4.78 is 39.2. The maximum Gasteiger partial charge on any atom is 0.281 e. The van der Waals surface area contributed by atoms with E-state index in [4.69, 9.17) is 42.5 Å². The average molecular weight is 753 g/mol. The number of anilines is 5. The minimum atomic E-state index is -2.88. The van der Waals surface area contributed by atoms with Crippen LogP contribution in [0.15, 0.2) is 12.4 Å². The van der Waals surface area contributed by atoms with Gasteiger partial charge >= 0.3 is 0 Å². The lowest BCUT2D eigenvalue weighted by Gasteiger charge is -2.35. The van der Waals surface area contributed by atoms with Crippen molar-refractivity contribution in [3.8, 4) is 17.1 Å². The molecule has 53 heavy (non-hydrogen) atoms. The minimum absolute atomic E-state index is 0.0243. The van der Waals surface area contributed by atoms with E-state index in [0.29, 0.717) is 63.0 Å². The van der Waals surface area contributed by atoms with Crippen molar-refractivity contribution in [2.75, 3.05) is 98.8 Å². The van der Waals surface area contributed by atoms with Crippen LogP contribution in [0, 0.1) is 13.8 Å². The summed E-state index contributed by atoms with van der Waals surface area (Å²) in [5, 5.41) is 0.388.